The summed E-state index contributed by atoms with van der Waals surface area (Å²) in [5.74, 6) is 0.0293. The van der Waals surface area contributed by atoms with Gasteiger partial charge in [0.1, 0.15) is 10.5 Å². The molecular formula is C21H21N5OS. The van der Waals surface area contributed by atoms with Gasteiger partial charge in [-0.2, -0.15) is 0 Å². The number of carbonyl (C=O) groups excluding carboxylic acids is 1. The molecule has 2 N–H and O–H groups in total. The molecule has 0 bridgehead atoms. The number of nitrogens with one attached hydrogen (secondary N) is 2. The Bertz CT molecular complexity index is 981. The molecule has 0 saturated carbocycles. The minimum atomic E-state index is -0.352. The number of anilines is 1. The van der Waals surface area contributed by atoms with Crippen molar-refractivity contribution in [3.63, 3.8) is 0 Å². The van der Waals surface area contributed by atoms with E-state index in [1.165, 1.54) is 16.9 Å². The molecule has 1 fully saturated rings. The number of hydrogen-bond acceptors (Lipinski definition) is 6. The molecule has 3 aromatic heterocycles. The highest BCUT2D eigenvalue weighted by Crippen LogP contribution is 2.40. The van der Waals surface area contributed by atoms with Gasteiger partial charge < -0.3 is 10.6 Å². The summed E-state index contributed by atoms with van der Waals surface area (Å²) >= 11 is 1.53. The summed E-state index contributed by atoms with van der Waals surface area (Å²) in [6, 6.07) is 10.2. The molecule has 2 aliphatic heterocycles. The molecule has 3 aromatic rings. The number of amides is 1. The van der Waals surface area contributed by atoms with Gasteiger partial charge >= 0.3 is 0 Å². The van der Waals surface area contributed by atoms with E-state index in [9.17, 15) is 4.79 Å². The number of rotatable bonds is 3. The van der Waals surface area contributed by atoms with Crippen molar-refractivity contribution in [1.29, 1.82) is 0 Å². The first kappa shape index (κ1) is 17.3. The van der Waals surface area contributed by atoms with E-state index in [1.807, 2.05) is 24.5 Å². The van der Waals surface area contributed by atoms with E-state index >= 15 is 0 Å². The number of aromatic nitrogens is 2. The maximum Gasteiger partial charge on any atom is 0.265 e. The third-order valence-electron chi connectivity index (χ3n) is 5.50. The fourth-order valence-corrected chi connectivity index (χ4v) is 4.98. The second-order valence-corrected chi connectivity index (χ2v) is 8.43. The van der Waals surface area contributed by atoms with Gasteiger partial charge in [0, 0.05) is 62.1 Å². The Morgan fingerprint density at radius 3 is 2.39 bits per heavy atom. The molecule has 0 unspecified atom stereocenters. The van der Waals surface area contributed by atoms with Crippen molar-refractivity contribution >= 4 is 22.9 Å². The van der Waals surface area contributed by atoms with Crippen LogP contribution in [0.5, 0.6) is 0 Å². The zero-order chi connectivity index (χ0) is 19.0. The number of thiophene rings is 1. The fourth-order valence-electron chi connectivity index (χ4n) is 3.96. The van der Waals surface area contributed by atoms with Gasteiger partial charge in [-0.05, 0) is 41.5 Å². The van der Waals surface area contributed by atoms with E-state index in [4.69, 9.17) is 0 Å². The summed E-state index contributed by atoms with van der Waals surface area (Å²) in [6.07, 6.45) is 8.99. The molecule has 5 heterocycles. The number of pyridine rings is 2. The van der Waals surface area contributed by atoms with Crippen molar-refractivity contribution < 1.29 is 4.79 Å². The lowest BCUT2D eigenvalue weighted by molar-refractivity contribution is 0.0827. The summed E-state index contributed by atoms with van der Waals surface area (Å²) in [7, 11) is 0. The van der Waals surface area contributed by atoms with Crippen molar-refractivity contribution in [1.82, 2.24) is 20.2 Å². The van der Waals surface area contributed by atoms with Gasteiger partial charge in [-0.1, -0.05) is 0 Å². The molecule has 0 radical (unpaired) electrons. The Balaban J connectivity index is 1.31. The van der Waals surface area contributed by atoms with E-state index < -0.39 is 0 Å². The molecule has 1 saturated heterocycles. The molecule has 0 atom stereocenters. The summed E-state index contributed by atoms with van der Waals surface area (Å²) in [4.78, 5) is 25.2. The lowest BCUT2D eigenvalue weighted by Crippen LogP contribution is -2.61. The van der Waals surface area contributed by atoms with Gasteiger partial charge in [-0.15, -0.1) is 11.3 Å². The summed E-state index contributed by atoms with van der Waals surface area (Å²) in [5, 5.41) is 6.89. The second kappa shape index (κ2) is 7.00. The van der Waals surface area contributed by atoms with Crippen molar-refractivity contribution in [2.24, 2.45) is 0 Å². The molecule has 1 spiro atoms. The molecule has 7 heteroatoms. The van der Waals surface area contributed by atoms with Crippen molar-refractivity contribution in [3.05, 3.63) is 65.6 Å². The van der Waals surface area contributed by atoms with Crippen LogP contribution in [0.4, 0.5) is 5.69 Å². The molecular weight excluding hydrogens is 370 g/mol. The molecule has 1 amide bonds. The quantitative estimate of drug-likeness (QED) is 0.717. The number of carbonyl (C=O) groups is 1. The molecule has 0 aliphatic carbocycles. The van der Waals surface area contributed by atoms with E-state index in [0.717, 1.165) is 53.5 Å². The number of fused-ring (bicyclic) bond motifs is 1. The Kier molecular flexibility index (Phi) is 4.33. The Labute approximate surface area is 167 Å². The third-order valence-corrected chi connectivity index (χ3v) is 6.68. The molecule has 142 valence electrons. The summed E-state index contributed by atoms with van der Waals surface area (Å²) < 4.78 is 0. The predicted octanol–water partition coefficient (Wildman–Crippen LogP) is 3.35. The van der Waals surface area contributed by atoms with Crippen molar-refractivity contribution in [3.8, 4) is 10.4 Å². The minimum Gasteiger partial charge on any atom is -0.361 e. The van der Waals surface area contributed by atoms with Crippen LogP contribution in [0.3, 0.4) is 0 Å². The van der Waals surface area contributed by atoms with Crippen LogP contribution in [0.15, 0.2) is 55.1 Å². The van der Waals surface area contributed by atoms with Crippen LogP contribution in [0.25, 0.3) is 10.4 Å². The number of piperidine rings is 1. The molecule has 0 aromatic carbocycles. The summed E-state index contributed by atoms with van der Waals surface area (Å²) in [6.45, 7) is 2.79. The smallest absolute Gasteiger partial charge is 0.265 e. The first-order valence-electron chi connectivity index (χ1n) is 9.47. The molecule has 28 heavy (non-hydrogen) atoms. The second-order valence-electron chi connectivity index (χ2n) is 7.38. The van der Waals surface area contributed by atoms with E-state index in [1.54, 1.807) is 12.4 Å². The maximum absolute atomic E-state index is 12.8. The van der Waals surface area contributed by atoms with Crippen molar-refractivity contribution in [2.75, 3.05) is 18.4 Å². The van der Waals surface area contributed by atoms with Crippen LogP contribution < -0.4 is 10.6 Å². The van der Waals surface area contributed by atoms with Gasteiger partial charge in [0.15, 0.2) is 0 Å². The van der Waals surface area contributed by atoms with Crippen LogP contribution in [0.2, 0.25) is 0 Å². The lowest BCUT2D eigenvalue weighted by atomic mass is 9.93. The van der Waals surface area contributed by atoms with Crippen molar-refractivity contribution in [2.45, 2.75) is 25.0 Å². The van der Waals surface area contributed by atoms with E-state index in [-0.39, 0.29) is 11.6 Å². The zero-order valence-electron chi connectivity index (χ0n) is 15.4. The van der Waals surface area contributed by atoms with E-state index in [2.05, 4.69) is 43.7 Å². The van der Waals surface area contributed by atoms with Crippen LogP contribution in [-0.2, 0) is 6.54 Å². The average molecular weight is 392 g/mol. The standard InChI is InChI=1S/C21H21N5OS/c27-20-19-17(13-18(28-19)16-3-9-23-10-4-16)24-21(25-20)5-11-26(12-6-21)14-15-1-7-22-8-2-15/h1-4,7-10,13,24H,5-6,11-12,14H2,(H,25,27). The predicted molar refractivity (Wildman–Crippen MR) is 110 cm³/mol. The van der Waals surface area contributed by atoms with Crippen LogP contribution in [-0.4, -0.2) is 39.5 Å². The largest absolute Gasteiger partial charge is 0.361 e. The number of nitrogens with zero attached hydrogens (tertiary/aromatic N) is 3. The third kappa shape index (κ3) is 3.27. The SMILES string of the molecule is O=C1NC2(CCN(Cc3ccncc3)CC2)Nc2cc(-c3ccncc3)sc21. The first-order valence-corrected chi connectivity index (χ1v) is 10.3. The van der Waals surface area contributed by atoms with E-state index in [0.29, 0.717) is 0 Å². The van der Waals surface area contributed by atoms with Crippen LogP contribution in [0.1, 0.15) is 28.1 Å². The highest BCUT2D eigenvalue weighted by atomic mass is 32.1. The molecule has 2 aliphatic rings. The van der Waals surface area contributed by atoms with Gasteiger partial charge in [-0.25, -0.2) is 0 Å². The maximum atomic E-state index is 12.8. The topological polar surface area (TPSA) is 70.2 Å². The van der Waals surface area contributed by atoms with Gasteiger partial charge in [0.2, 0.25) is 0 Å². The van der Waals surface area contributed by atoms with Crippen LogP contribution >= 0.6 is 11.3 Å². The van der Waals surface area contributed by atoms with Gasteiger partial charge in [0.25, 0.3) is 5.91 Å². The average Bonchev–Trinajstić information content (AvgIpc) is 3.16. The Hall–Kier alpha value is -2.77. The first-order chi connectivity index (χ1) is 13.7. The Morgan fingerprint density at radius 1 is 1.00 bits per heavy atom. The zero-order valence-corrected chi connectivity index (χ0v) is 16.2. The number of likely N-dealkylation sites (tertiary alicyclic amines) is 1. The normalized spacial score (nSPS) is 18.4. The summed E-state index contributed by atoms with van der Waals surface area (Å²) in [5.41, 5.74) is 2.96. The highest BCUT2D eigenvalue weighted by Gasteiger charge is 2.41. The molecule has 6 nitrogen and oxygen atoms in total. The van der Waals surface area contributed by atoms with Gasteiger partial charge in [-0.3, -0.25) is 19.7 Å². The minimum absolute atomic E-state index is 0.0293. The van der Waals surface area contributed by atoms with Gasteiger partial charge in [0.05, 0.1) is 5.69 Å². The number of hydrogen-bond donors (Lipinski definition) is 2. The highest BCUT2D eigenvalue weighted by molar-refractivity contribution is 7.18. The fraction of sp³-hybridized carbons (Fsp3) is 0.286. The molecule has 5 rings (SSSR count). The van der Waals surface area contributed by atoms with Crippen LogP contribution in [0, 0.1) is 0 Å². The monoisotopic (exact) mass is 391 g/mol. The lowest BCUT2D eigenvalue weighted by Gasteiger charge is -2.45. The Morgan fingerprint density at radius 2 is 1.68 bits per heavy atom.